The van der Waals surface area contributed by atoms with E-state index < -0.39 is 0 Å². The highest BCUT2D eigenvalue weighted by Gasteiger charge is 2.37. The van der Waals surface area contributed by atoms with Crippen LogP contribution in [0, 0.1) is 0 Å². The summed E-state index contributed by atoms with van der Waals surface area (Å²) >= 11 is 0. The zero-order valence-corrected chi connectivity index (χ0v) is 10.3. The second-order valence-electron chi connectivity index (χ2n) is 4.77. The number of hydrogen-bond acceptors (Lipinski definition) is 0. The van der Waals surface area contributed by atoms with Crippen molar-refractivity contribution in [1.29, 1.82) is 0 Å². The van der Waals surface area contributed by atoms with Crippen molar-refractivity contribution in [2.45, 2.75) is 11.8 Å². The van der Waals surface area contributed by atoms with Gasteiger partial charge in [0.1, 0.15) is 0 Å². The SMILES string of the molecule is C=C1C=CCC1(c1ccccc1)c1ccccc1. The number of benzene rings is 2. The lowest BCUT2D eigenvalue weighted by Gasteiger charge is -2.32. The summed E-state index contributed by atoms with van der Waals surface area (Å²) in [6.45, 7) is 4.27. The van der Waals surface area contributed by atoms with Crippen LogP contribution < -0.4 is 0 Å². The van der Waals surface area contributed by atoms with Gasteiger partial charge in [-0.25, -0.2) is 0 Å². The van der Waals surface area contributed by atoms with Crippen molar-refractivity contribution in [3.63, 3.8) is 0 Å². The minimum atomic E-state index is -0.0669. The molecule has 0 amide bonds. The molecule has 2 aromatic carbocycles. The van der Waals surface area contributed by atoms with Crippen LogP contribution in [0.25, 0.3) is 0 Å². The van der Waals surface area contributed by atoms with Gasteiger partial charge in [-0.15, -0.1) is 0 Å². The lowest BCUT2D eigenvalue weighted by atomic mass is 9.70. The van der Waals surface area contributed by atoms with E-state index in [-0.39, 0.29) is 5.41 Å². The minimum absolute atomic E-state index is 0.0669. The van der Waals surface area contributed by atoms with Crippen LogP contribution in [-0.4, -0.2) is 0 Å². The predicted molar refractivity (Wildman–Crippen MR) is 76.6 cm³/mol. The molecule has 1 aliphatic rings. The monoisotopic (exact) mass is 232 g/mol. The van der Waals surface area contributed by atoms with E-state index in [0.717, 1.165) is 6.42 Å². The van der Waals surface area contributed by atoms with E-state index in [1.807, 2.05) is 0 Å². The van der Waals surface area contributed by atoms with E-state index >= 15 is 0 Å². The zero-order chi connectivity index (χ0) is 12.4. The molecule has 0 bridgehead atoms. The van der Waals surface area contributed by atoms with Crippen LogP contribution in [0.2, 0.25) is 0 Å². The fraction of sp³-hybridized carbons (Fsp3) is 0.111. The molecule has 0 aromatic heterocycles. The standard InChI is InChI=1S/C18H16/c1-15-9-8-14-18(15,16-10-4-2-5-11-16)17-12-6-3-7-13-17/h2-13H,1,14H2. The molecule has 0 radical (unpaired) electrons. The lowest BCUT2D eigenvalue weighted by Crippen LogP contribution is -2.25. The highest BCUT2D eigenvalue weighted by Crippen LogP contribution is 2.45. The van der Waals surface area contributed by atoms with Crippen LogP contribution in [0.1, 0.15) is 17.5 Å². The Hall–Kier alpha value is -2.08. The molecule has 0 saturated carbocycles. The molecule has 2 aromatic rings. The van der Waals surface area contributed by atoms with Crippen LogP contribution in [0.3, 0.4) is 0 Å². The molecule has 3 rings (SSSR count). The lowest BCUT2D eigenvalue weighted by molar-refractivity contribution is 0.652. The maximum atomic E-state index is 4.27. The average Bonchev–Trinajstić information content (AvgIpc) is 2.84. The summed E-state index contributed by atoms with van der Waals surface area (Å²) in [5, 5.41) is 0. The van der Waals surface area contributed by atoms with Crippen molar-refractivity contribution in [2.75, 3.05) is 0 Å². The third kappa shape index (κ3) is 1.53. The molecule has 0 unspecified atom stereocenters. The van der Waals surface area contributed by atoms with Crippen molar-refractivity contribution < 1.29 is 0 Å². The van der Waals surface area contributed by atoms with E-state index in [4.69, 9.17) is 0 Å². The third-order valence-corrected chi connectivity index (χ3v) is 3.82. The maximum absolute atomic E-state index is 4.27. The molecule has 0 nitrogen and oxygen atoms in total. The van der Waals surface area contributed by atoms with Gasteiger partial charge in [-0.2, -0.15) is 0 Å². The predicted octanol–water partition coefficient (Wildman–Crippen LogP) is 4.49. The van der Waals surface area contributed by atoms with E-state index in [0.29, 0.717) is 0 Å². The largest absolute Gasteiger partial charge is 0.0946 e. The first-order chi connectivity index (χ1) is 8.84. The first-order valence-electron chi connectivity index (χ1n) is 6.31. The summed E-state index contributed by atoms with van der Waals surface area (Å²) in [5.74, 6) is 0. The van der Waals surface area contributed by atoms with Gasteiger partial charge in [0.2, 0.25) is 0 Å². The molecule has 0 aliphatic heterocycles. The summed E-state index contributed by atoms with van der Waals surface area (Å²) < 4.78 is 0. The topological polar surface area (TPSA) is 0 Å². The molecule has 88 valence electrons. The fourth-order valence-corrected chi connectivity index (χ4v) is 2.87. The highest BCUT2D eigenvalue weighted by molar-refractivity contribution is 5.54. The molecule has 0 heteroatoms. The van der Waals surface area contributed by atoms with Gasteiger partial charge in [0.05, 0.1) is 0 Å². The van der Waals surface area contributed by atoms with Gasteiger partial charge in [0.25, 0.3) is 0 Å². The zero-order valence-electron chi connectivity index (χ0n) is 10.3. The Morgan fingerprint density at radius 3 is 1.67 bits per heavy atom. The molecule has 0 spiro atoms. The molecular formula is C18H16. The van der Waals surface area contributed by atoms with Crippen molar-refractivity contribution in [3.05, 3.63) is 96.1 Å². The second kappa shape index (κ2) is 4.30. The van der Waals surface area contributed by atoms with Crippen molar-refractivity contribution in [3.8, 4) is 0 Å². The average molecular weight is 232 g/mol. The fourth-order valence-electron chi connectivity index (χ4n) is 2.87. The van der Waals surface area contributed by atoms with Crippen LogP contribution in [0.5, 0.6) is 0 Å². The smallest absolute Gasteiger partial charge is 0.0479 e. The second-order valence-corrected chi connectivity index (χ2v) is 4.77. The normalized spacial score (nSPS) is 17.0. The number of allylic oxidation sites excluding steroid dienone is 3. The molecule has 0 saturated heterocycles. The van der Waals surface area contributed by atoms with E-state index in [2.05, 4.69) is 79.4 Å². The van der Waals surface area contributed by atoms with Gasteiger partial charge in [0.15, 0.2) is 0 Å². The molecule has 0 fully saturated rings. The first-order valence-corrected chi connectivity index (χ1v) is 6.31. The van der Waals surface area contributed by atoms with Gasteiger partial charge < -0.3 is 0 Å². The number of rotatable bonds is 2. The highest BCUT2D eigenvalue weighted by atomic mass is 14.4. The molecule has 18 heavy (non-hydrogen) atoms. The van der Waals surface area contributed by atoms with Crippen molar-refractivity contribution >= 4 is 0 Å². The Bertz CT molecular complexity index is 536. The minimum Gasteiger partial charge on any atom is -0.0946 e. The summed E-state index contributed by atoms with van der Waals surface area (Å²) in [4.78, 5) is 0. The van der Waals surface area contributed by atoms with Crippen LogP contribution >= 0.6 is 0 Å². The summed E-state index contributed by atoms with van der Waals surface area (Å²) in [6.07, 6.45) is 5.38. The van der Waals surface area contributed by atoms with E-state index in [1.165, 1.54) is 16.7 Å². The summed E-state index contributed by atoms with van der Waals surface area (Å²) in [6, 6.07) is 21.3. The van der Waals surface area contributed by atoms with Gasteiger partial charge >= 0.3 is 0 Å². The Morgan fingerprint density at radius 1 is 0.778 bits per heavy atom. The Balaban J connectivity index is 2.21. The Kier molecular flexibility index (Phi) is 2.64. The van der Waals surface area contributed by atoms with Crippen molar-refractivity contribution in [1.82, 2.24) is 0 Å². The Labute approximate surface area is 108 Å². The molecule has 0 N–H and O–H groups in total. The number of hydrogen-bond donors (Lipinski definition) is 0. The molecule has 1 aliphatic carbocycles. The molecule has 0 atom stereocenters. The maximum Gasteiger partial charge on any atom is 0.0479 e. The van der Waals surface area contributed by atoms with Crippen molar-refractivity contribution in [2.24, 2.45) is 0 Å². The van der Waals surface area contributed by atoms with Gasteiger partial charge in [-0.05, 0) is 23.1 Å². The van der Waals surface area contributed by atoms with Gasteiger partial charge in [-0.1, -0.05) is 79.4 Å². The summed E-state index contributed by atoms with van der Waals surface area (Å²) in [7, 11) is 0. The Morgan fingerprint density at radius 2 is 1.28 bits per heavy atom. The first kappa shape index (κ1) is 11.0. The molecular weight excluding hydrogens is 216 g/mol. The third-order valence-electron chi connectivity index (χ3n) is 3.82. The van der Waals surface area contributed by atoms with E-state index in [9.17, 15) is 0 Å². The van der Waals surface area contributed by atoms with Gasteiger partial charge in [-0.3, -0.25) is 0 Å². The van der Waals surface area contributed by atoms with Gasteiger partial charge in [0, 0.05) is 5.41 Å². The van der Waals surface area contributed by atoms with E-state index in [1.54, 1.807) is 0 Å². The quantitative estimate of drug-likeness (QED) is 0.715. The van der Waals surface area contributed by atoms with Crippen LogP contribution in [-0.2, 0) is 5.41 Å². The van der Waals surface area contributed by atoms with Crippen LogP contribution in [0.4, 0.5) is 0 Å². The summed E-state index contributed by atoms with van der Waals surface area (Å²) in [5.41, 5.74) is 3.76. The molecule has 0 heterocycles. The van der Waals surface area contributed by atoms with Crippen LogP contribution in [0.15, 0.2) is 85.0 Å².